The lowest BCUT2D eigenvalue weighted by Gasteiger charge is -2.24. The van der Waals surface area contributed by atoms with Crippen LogP contribution in [-0.4, -0.2) is 40.9 Å². The van der Waals surface area contributed by atoms with Crippen molar-refractivity contribution in [3.05, 3.63) is 48.2 Å². The van der Waals surface area contributed by atoms with Crippen LogP contribution in [0.2, 0.25) is 0 Å². The average Bonchev–Trinajstić information content (AvgIpc) is 2.68. The number of aromatic nitrogens is 1. The first-order valence-electron chi connectivity index (χ1n) is 8.95. The highest BCUT2D eigenvalue weighted by molar-refractivity contribution is 7.99. The van der Waals surface area contributed by atoms with E-state index in [1.165, 1.54) is 18.0 Å². The third kappa shape index (κ3) is 6.26. The number of ether oxygens (including phenoxy) is 1. The van der Waals surface area contributed by atoms with Gasteiger partial charge in [0, 0.05) is 17.1 Å². The second-order valence-electron chi connectivity index (χ2n) is 6.90. The van der Waals surface area contributed by atoms with Crippen molar-refractivity contribution in [2.45, 2.75) is 31.7 Å². The fourth-order valence-electron chi connectivity index (χ4n) is 2.55. The number of aryl methyl sites for hydroxylation is 1. The van der Waals surface area contributed by atoms with E-state index in [1.54, 1.807) is 12.3 Å². The van der Waals surface area contributed by atoms with E-state index in [9.17, 15) is 4.79 Å². The highest BCUT2D eigenvalue weighted by Gasteiger charge is 2.26. The predicted octanol–water partition coefficient (Wildman–Crippen LogP) is 3.68. The van der Waals surface area contributed by atoms with Crippen molar-refractivity contribution in [1.82, 2.24) is 10.3 Å². The highest BCUT2D eigenvalue weighted by Crippen LogP contribution is 2.26. The zero-order valence-electron chi connectivity index (χ0n) is 17.1. The van der Waals surface area contributed by atoms with E-state index in [2.05, 4.69) is 28.0 Å². The third-order valence-corrected chi connectivity index (χ3v) is 4.61. The number of carbonyl (C=O) groups excluding carboxylic acids is 1. The third-order valence-electron chi connectivity index (χ3n) is 3.87. The van der Waals surface area contributed by atoms with Gasteiger partial charge in [-0.25, -0.2) is 0 Å². The van der Waals surface area contributed by atoms with Crippen molar-refractivity contribution in [3.8, 4) is 18.1 Å². The summed E-state index contributed by atoms with van der Waals surface area (Å²) in [6.07, 6.45) is 12.1. The van der Waals surface area contributed by atoms with Crippen molar-refractivity contribution in [2.75, 3.05) is 12.9 Å². The fraction of sp³-hybridized carbons (Fsp3) is 0.318. The van der Waals surface area contributed by atoms with Gasteiger partial charge in [-0.05, 0) is 50.8 Å². The smallest absolute Gasteiger partial charge is 0.272 e. The maximum Gasteiger partial charge on any atom is 0.272 e. The lowest BCUT2D eigenvalue weighted by molar-refractivity contribution is -0.125. The van der Waals surface area contributed by atoms with E-state index in [0.29, 0.717) is 17.9 Å². The van der Waals surface area contributed by atoms with Gasteiger partial charge in [0.25, 0.3) is 5.91 Å². The number of nitrogens with one attached hydrogen (secondary N) is 1. The van der Waals surface area contributed by atoms with E-state index in [4.69, 9.17) is 16.0 Å². The van der Waals surface area contributed by atoms with Gasteiger partial charge in [0.1, 0.15) is 12.4 Å². The van der Waals surface area contributed by atoms with Crippen LogP contribution in [0.15, 0.2) is 42.2 Å². The summed E-state index contributed by atoms with van der Waals surface area (Å²) in [4.78, 5) is 22.1. The van der Waals surface area contributed by atoms with E-state index in [0.717, 1.165) is 16.5 Å². The Kier molecular flexibility index (Phi) is 7.68. The molecule has 1 atom stereocenters. The first-order valence-corrected chi connectivity index (χ1v) is 10.2. The summed E-state index contributed by atoms with van der Waals surface area (Å²) in [6.45, 7) is 9.42. The molecule has 1 unspecified atom stereocenters. The Bertz CT molecular complexity index is 964. The van der Waals surface area contributed by atoms with E-state index in [-0.39, 0.29) is 5.91 Å². The van der Waals surface area contributed by atoms with Gasteiger partial charge in [0.05, 0.1) is 17.3 Å². The van der Waals surface area contributed by atoms with E-state index in [1.807, 2.05) is 45.2 Å². The topological polar surface area (TPSA) is 72.8 Å². The summed E-state index contributed by atoms with van der Waals surface area (Å²) < 4.78 is 5.96. The average molecular weight is 412 g/mol. The summed E-state index contributed by atoms with van der Waals surface area (Å²) in [5.74, 6) is 2.88. The Morgan fingerprint density at radius 2 is 2.24 bits per heavy atom. The molecule has 1 heterocycles. The molecule has 1 aromatic heterocycles. The van der Waals surface area contributed by atoms with Crippen LogP contribution < -0.4 is 10.1 Å². The standard InChI is InChI=1S/C22H25N3O3S/c1-7-9-27-24-14-22(4,5)25-20(26)21(29-6)28-18-10-15(3)19-17(12-18)11-16(8-2)13-23-19/h2,7,10-14,21H,1,9H2,3-6H3,(H,25,26)/b24-14-. The van der Waals surface area contributed by atoms with E-state index >= 15 is 0 Å². The Morgan fingerprint density at radius 3 is 2.90 bits per heavy atom. The molecule has 2 rings (SSSR count). The van der Waals surface area contributed by atoms with Crippen LogP contribution in [-0.2, 0) is 9.63 Å². The first kappa shape index (κ1) is 22.3. The molecule has 7 heteroatoms. The van der Waals surface area contributed by atoms with Crippen LogP contribution >= 0.6 is 11.8 Å². The molecule has 0 bridgehead atoms. The maximum absolute atomic E-state index is 12.7. The largest absolute Gasteiger partial charge is 0.470 e. The van der Waals surface area contributed by atoms with E-state index < -0.39 is 11.0 Å². The highest BCUT2D eigenvalue weighted by atomic mass is 32.2. The lowest BCUT2D eigenvalue weighted by atomic mass is 10.1. The summed E-state index contributed by atoms with van der Waals surface area (Å²) in [5.41, 5.74) is 1.03. The Balaban J connectivity index is 2.16. The van der Waals surface area contributed by atoms with Crippen molar-refractivity contribution in [3.63, 3.8) is 0 Å². The Labute approximate surface area is 175 Å². The van der Waals surface area contributed by atoms with Crippen LogP contribution in [0.3, 0.4) is 0 Å². The molecule has 0 radical (unpaired) electrons. The van der Waals surface area contributed by atoms with Gasteiger partial charge in [-0.3, -0.25) is 9.78 Å². The minimum Gasteiger partial charge on any atom is -0.470 e. The van der Waals surface area contributed by atoms with Gasteiger partial charge < -0.3 is 14.9 Å². The SMILES string of the molecule is C#Cc1cnc2c(C)cc(OC(SC)C(=O)NC(C)(C)/C=N\OCC=C)cc2c1. The van der Waals surface area contributed by atoms with Gasteiger partial charge >= 0.3 is 0 Å². The Morgan fingerprint density at radius 1 is 1.48 bits per heavy atom. The van der Waals surface area contributed by atoms with Crippen molar-refractivity contribution in [1.29, 1.82) is 0 Å². The zero-order chi connectivity index (χ0) is 21.4. The number of thioether (sulfide) groups is 1. The molecule has 29 heavy (non-hydrogen) atoms. The van der Waals surface area contributed by atoms with Crippen LogP contribution in [0.25, 0.3) is 10.9 Å². The number of pyridine rings is 1. The number of terminal acetylenes is 1. The molecule has 1 aromatic carbocycles. The number of hydrogen-bond acceptors (Lipinski definition) is 6. The monoisotopic (exact) mass is 411 g/mol. The number of carbonyl (C=O) groups is 1. The molecule has 2 aromatic rings. The number of amides is 1. The summed E-state index contributed by atoms with van der Waals surface area (Å²) >= 11 is 1.29. The summed E-state index contributed by atoms with van der Waals surface area (Å²) in [5, 5.41) is 7.59. The van der Waals surface area contributed by atoms with Gasteiger partial charge in [-0.2, -0.15) is 0 Å². The number of benzene rings is 1. The molecule has 0 aliphatic carbocycles. The predicted molar refractivity (Wildman–Crippen MR) is 119 cm³/mol. The molecule has 0 saturated carbocycles. The van der Waals surface area contributed by atoms with Crippen LogP contribution in [0.1, 0.15) is 25.0 Å². The number of nitrogens with zero attached hydrogens (tertiary/aromatic N) is 2. The first-order chi connectivity index (χ1) is 13.8. The second kappa shape index (κ2) is 9.99. The molecule has 0 spiro atoms. The number of oxime groups is 1. The quantitative estimate of drug-likeness (QED) is 0.170. The Hall–Kier alpha value is -2.98. The summed E-state index contributed by atoms with van der Waals surface area (Å²) in [7, 11) is 0. The maximum atomic E-state index is 12.7. The molecule has 6 nitrogen and oxygen atoms in total. The van der Waals surface area contributed by atoms with Crippen LogP contribution in [0.4, 0.5) is 0 Å². The fourth-order valence-corrected chi connectivity index (χ4v) is 3.03. The second-order valence-corrected chi connectivity index (χ2v) is 7.80. The lowest BCUT2D eigenvalue weighted by Crippen LogP contribution is -2.49. The number of hydrogen-bond donors (Lipinski definition) is 1. The molecule has 1 N–H and O–H groups in total. The van der Waals surface area contributed by atoms with Crippen molar-refractivity contribution < 1.29 is 14.4 Å². The molecular formula is C22H25N3O3S. The molecular weight excluding hydrogens is 386 g/mol. The number of rotatable bonds is 9. The molecule has 0 saturated heterocycles. The molecule has 1 amide bonds. The van der Waals surface area contributed by atoms with Crippen LogP contribution in [0.5, 0.6) is 5.75 Å². The van der Waals surface area contributed by atoms with Gasteiger partial charge in [0.15, 0.2) is 0 Å². The van der Waals surface area contributed by atoms with Crippen LogP contribution in [0, 0.1) is 19.3 Å². The normalized spacial score (nSPS) is 12.4. The minimum atomic E-state index is -0.739. The molecule has 0 fully saturated rings. The van der Waals surface area contributed by atoms with Crippen molar-refractivity contribution in [2.24, 2.45) is 5.16 Å². The van der Waals surface area contributed by atoms with Gasteiger partial charge in [-0.1, -0.05) is 23.7 Å². The number of fused-ring (bicyclic) bond motifs is 1. The van der Waals surface area contributed by atoms with Gasteiger partial charge in [-0.15, -0.1) is 18.2 Å². The molecule has 152 valence electrons. The summed E-state index contributed by atoms with van der Waals surface area (Å²) in [6, 6.07) is 5.57. The molecule has 0 aliphatic rings. The zero-order valence-corrected chi connectivity index (χ0v) is 17.9. The minimum absolute atomic E-state index is 0.272. The van der Waals surface area contributed by atoms with Crippen molar-refractivity contribution >= 4 is 34.8 Å². The van der Waals surface area contributed by atoms with Gasteiger partial charge in [0.2, 0.25) is 5.44 Å². The molecule has 0 aliphatic heterocycles.